The summed E-state index contributed by atoms with van der Waals surface area (Å²) in [4.78, 5) is 6.02. The lowest BCUT2D eigenvalue weighted by Gasteiger charge is -2.23. The smallest absolute Gasteiger partial charge is 0.356 e. The second-order valence-corrected chi connectivity index (χ2v) is 4.85. The molecule has 20 heavy (non-hydrogen) atoms. The maximum Gasteiger partial charge on any atom is 0.417 e. The first-order valence-corrected chi connectivity index (χ1v) is 6.69. The molecular formula is C14H16F3N3. The van der Waals surface area contributed by atoms with Crippen LogP contribution in [0.2, 0.25) is 0 Å². The van der Waals surface area contributed by atoms with Gasteiger partial charge in [-0.1, -0.05) is 0 Å². The lowest BCUT2D eigenvalue weighted by Crippen LogP contribution is -2.26. The van der Waals surface area contributed by atoms with E-state index in [-0.39, 0.29) is 17.3 Å². The van der Waals surface area contributed by atoms with Crippen LogP contribution in [0, 0.1) is 11.3 Å². The van der Waals surface area contributed by atoms with Crippen molar-refractivity contribution >= 4 is 5.82 Å². The van der Waals surface area contributed by atoms with Gasteiger partial charge in [0.1, 0.15) is 17.5 Å². The molecule has 3 nitrogen and oxygen atoms in total. The molecule has 0 saturated heterocycles. The molecule has 1 fully saturated rings. The van der Waals surface area contributed by atoms with Gasteiger partial charge in [0.25, 0.3) is 0 Å². The highest BCUT2D eigenvalue weighted by molar-refractivity contribution is 5.59. The number of hydrogen-bond acceptors (Lipinski definition) is 3. The van der Waals surface area contributed by atoms with E-state index in [4.69, 9.17) is 5.26 Å². The fourth-order valence-electron chi connectivity index (χ4n) is 2.22. The molecule has 0 bridgehead atoms. The summed E-state index contributed by atoms with van der Waals surface area (Å²) in [6.45, 7) is 4.71. The van der Waals surface area contributed by atoms with E-state index in [2.05, 4.69) is 4.98 Å². The lowest BCUT2D eigenvalue weighted by atomic mass is 10.1. The van der Waals surface area contributed by atoms with Crippen LogP contribution in [0.3, 0.4) is 0 Å². The van der Waals surface area contributed by atoms with Crippen LogP contribution in [0.1, 0.15) is 49.4 Å². The molecule has 0 aliphatic heterocycles. The van der Waals surface area contributed by atoms with E-state index < -0.39 is 11.7 Å². The number of anilines is 1. The van der Waals surface area contributed by atoms with E-state index in [1.165, 1.54) is 0 Å². The van der Waals surface area contributed by atoms with Crippen molar-refractivity contribution in [1.29, 1.82) is 5.26 Å². The van der Waals surface area contributed by atoms with Crippen LogP contribution >= 0.6 is 0 Å². The molecule has 1 heterocycles. The minimum Gasteiger partial charge on any atom is -0.356 e. The van der Waals surface area contributed by atoms with Crippen molar-refractivity contribution in [3.05, 3.63) is 22.9 Å². The largest absolute Gasteiger partial charge is 0.417 e. The summed E-state index contributed by atoms with van der Waals surface area (Å²) in [6.07, 6.45) is -2.79. The summed E-state index contributed by atoms with van der Waals surface area (Å²) in [6, 6.07) is 2.73. The molecule has 1 saturated carbocycles. The van der Waals surface area contributed by atoms with Crippen molar-refractivity contribution in [3.8, 4) is 6.07 Å². The molecule has 0 N–H and O–H groups in total. The van der Waals surface area contributed by atoms with Crippen LogP contribution in [-0.4, -0.2) is 18.1 Å². The molecule has 0 atom stereocenters. The van der Waals surface area contributed by atoms with E-state index in [0.717, 1.165) is 18.9 Å². The lowest BCUT2D eigenvalue weighted by molar-refractivity contribution is -0.137. The zero-order valence-corrected chi connectivity index (χ0v) is 11.5. The number of hydrogen-bond donors (Lipinski definition) is 0. The van der Waals surface area contributed by atoms with Crippen molar-refractivity contribution in [2.75, 3.05) is 18.0 Å². The van der Waals surface area contributed by atoms with Crippen molar-refractivity contribution in [1.82, 2.24) is 4.98 Å². The molecule has 0 amide bonds. The topological polar surface area (TPSA) is 39.9 Å². The van der Waals surface area contributed by atoms with Gasteiger partial charge < -0.3 is 4.90 Å². The van der Waals surface area contributed by atoms with Crippen LogP contribution in [0.4, 0.5) is 19.0 Å². The number of nitrogens with zero attached hydrogens (tertiary/aromatic N) is 3. The van der Waals surface area contributed by atoms with Gasteiger partial charge in [-0.15, -0.1) is 0 Å². The second kappa shape index (κ2) is 5.31. The molecule has 0 spiro atoms. The highest BCUT2D eigenvalue weighted by Crippen LogP contribution is 2.43. The predicted octanol–water partition coefficient (Wildman–Crippen LogP) is 3.70. The van der Waals surface area contributed by atoms with Crippen LogP contribution in [0.5, 0.6) is 0 Å². The fourth-order valence-corrected chi connectivity index (χ4v) is 2.22. The standard InChI is InChI=1S/C14H16F3N3/c1-3-20(4-2)13-10(8-18)11(14(15,16)17)7-12(19-13)9-5-6-9/h7,9H,3-6H2,1-2H3. The van der Waals surface area contributed by atoms with Gasteiger partial charge in [-0.25, -0.2) is 4.98 Å². The first kappa shape index (κ1) is 14.6. The Morgan fingerprint density at radius 2 is 1.95 bits per heavy atom. The molecule has 0 aromatic carbocycles. The van der Waals surface area contributed by atoms with E-state index in [9.17, 15) is 13.2 Å². The van der Waals surface area contributed by atoms with Gasteiger partial charge >= 0.3 is 6.18 Å². The van der Waals surface area contributed by atoms with Crippen LogP contribution in [-0.2, 0) is 6.18 Å². The van der Waals surface area contributed by atoms with Crippen molar-refractivity contribution in [2.24, 2.45) is 0 Å². The third kappa shape index (κ3) is 2.72. The van der Waals surface area contributed by atoms with E-state index in [1.807, 2.05) is 13.8 Å². The summed E-state index contributed by atoms with van der Waals surface area (Å²) in [5, 5.41) is 9.13. The Kier molecular flexibility index (Phi) is 3.89. The second-order valence-electron chi connectivity index (χ2n) is 4.85. The quantitative estimate of drug-likeness (QED) is 0.846. The summed E-state index contributed by atoms with van der Waals surface area (Å²) >= 11 is 0. The van der Waals surface area contributed by atoms with Gasteiger partial charge in [-0.3, -0.25) is 0 Å². The molecule has 1 aliphatic rings. The average molecular weight is 283 g/mol. The SMILES string of the molecule is CCN(CC)c1nc(C2CC2)cc(C(F)(F)F)c1C#N. The number of halogens is 3. The van der Waals surface area contributed by atoms with Crippen LogP contribution < -0.4 is 4.90 Å². The van der Waals surface area contributed by atoms with Crippen molar-refractivity contribution < 1.29 is 13.2 Å². The Balaban J connectivity index is 2.64. The molecule has 2 rings (SSSR count). The van der Waals surface area contributed by atoms with Gasteiger partial charge in [0.2, 0.25) is 0 Å². The Hall–Kier alpha value is -1.77. The van der Waals surface area contributed by atoms with E-state index in [1.54, 1.807) is 11.0 Å². The number of pyridine rings is 1. The fraction of sp³-hybridized carbons (Fsp3) is 0.571. The van der Waals surface area contributed by atoms with E-state index >= 15 is 0 Å². The number of rotatable bonds is 4. The van der Waals surface area contributed by atoms with Gasteiger partial charge in [0, 0.05) is 24.7 Å². The first-order valence-electron chi connectivity index (χ1n) is 6.69. The Bertz CT molecular complexity index is 538. The molecule has 0 radical (unpaired) electrons. The van der Waals surface area contributed by atoms with Crippen molar-refractivity contribution in [2.45, 2.75) is 38.8 Å². The first-order chi connectivity index (χ1) is 9.42. The van der Waals surface area contributed by atoms with Gasteiger partial charge in [-0.2, -0.15) is 18.4 Å². The van der Waals surface area contributed by atoms with Crippen LogP contribution in [0.15, 0.2) is 6.07 Å². The van der Waals surface area contributed by atoms with Gasteiger partial charge in [0.15, 0.2) is 0 Å². The predicted molar refractivity (Wildman–Crippen MR) is 69.5 cm³/mol. The van der Waals surface area contributed by atoms with Crippen molar-refractivity contribution in [3.63, 3.8) is 0 Å². The molecule has 1 aliphatic carbocycles. The van der Waals surface area contributed by atoms with Crippen LogP contribution in [0.25, 0.3) is 0 Å². The highest BCUT2D eigenvalue weighted by Gasteiger charge is 2.38. The molecule has 0 unspecified atom stereocenters. The third-order valence-corrected chi connectivity index (χ3v) is 3.50. The minimum atomic E-state index is -4.53. The highest BCUT2D eigenvalue weighted by atomic mass is 19.4. The summed E-state index contributed by atoms with van der Waals surface area (Å²) in [5.41, 5.74) is -0.775. The zero-order chi connectivity index (χ0) is 14.9. The van der Waals surface area contributed by atoms with Gasteiger partial charge in [-0.05, 0) is 32.8 Å². The maximum absolute atomic E-state index is 13.2. The molecule has 6 heteroatoms. The van der Waals surface area contributed by atoms with E-state index in [0.29, 0.717) is 18.8 Å². The molecule has 1 aromatic rings. The Morgan fingerprint density at radius 3 is 2.35 bits per heavy atom. The molecule has 108 valence electrons. The van der Waals surface area contributed by atoms with Gasteiger partial charge in [0.05, 0.1) is 5.56 Å². The zero-order valence-electron chi connectivity index (χ0n) is 11.5. The summed E-state index contributed by atoms with van der Waals surface area (Å²) in [5.74, 6) is 0.271. The normalized spacial score (nSPS) is 15.0. The number of nitriles is 1. The minimum absolute atomic E-state index is 0.109. The number of aromatic nitrogens is 1. The average Bonchev–Trinajstić information content (AvgIpc) is 3.22. The Labute approximate surface area is 116 Å². The summed E-state index contributed by atoms with van der Waals surface area (Å²) < 4.78 is 39.5. The third-order valence-electron chi connectivity index (χ3n) is 3.50. The molecular weight excluding hydrogens is 267 g/mol. The number of alkyl halides is 3. The Morgan fingerprint density at radius 1 is 1.35 bits per heavy atom. The molecule has 1 aromatic heterocycles. The maximum atomic E-state index is 13.2. The monoisotopic (exact) mass is 283 g/mol. The summed E-state index contributed by atoms with van der Waals surface area (Å²) in [7, 11) is 0.